The molecule has 5 nitrogen and oxygen atoms in total. The molecule has 0 bridgehead atoms. The molecule has 6 N–H and O–H groups in total. The second kappa shape index (κ2) is 4.85. The summed E-state index contributed by atoms with van der Waals surface area (Å²) in [7, 11) is 0. The lowest BCUT2D eigenvalue weighted by Gasteiger charge is -2.33. The highest BCUT2D eigenvalue weighted by Gasteiger charge is 2.31. The van der Waals surface area contributed by atoms with Gasteiger partial charge in [-0.1, -0.05) is 0 Å². The van der Waals surface area contributed by atoms with Crippen molar-refractivity contribution in [1.82, 2.24) is 8.12 Å². The Bertz CT molecular complexity index is 165. The molecule has 0 saturated carbocycles. The largest absolute Gasteiger partial charge is 0.315 e. The molecule has 0 aromatic rings. The molecule has 0 aliphatic carbocycles. The van der Waals surface area contributed by atoms with Crippen LogP contribution in [0.4, 0.5) is 0 Å². The fraction of sp³-hybridized carbons (Fsp3) is 1.00. The smallest absolute Gasteiger partial charge is 0.0888 e. The van der Waals surface area contributed by atoms with Crippen LogP contribution in [0.1, 0.15) is 19.8 Å². The summed E-state index contributed by atoms with van der Waals surface area (Å²) in [6.45, 7) is 2.93. The van der Waals surface area contributed by atoms with Gasteiger partial charge in [-0.25, -0.2) is 8.12 Å². The third-order valence-electron chi connectivity index (χ3n) is 2.44. The topological polar surface area (TPSA) is 84.5 Å². The van der Waals surface area contributed by atoms with Gasteiger partial charge in [-0.2, -0.15) is 0 Å². The molecule has 3 atom stereocenters. The highest BCUT2D eigenvalue weighted by Crippen LogP contribution is 2.23. The van der Waals surface area contributed by atoms with E-state index in [4.69, 9.17) is 17.3 Å². The minimum absolute atomic E-state index is 0.167. The molecular formula is C7H18IN5. The fourth-order valence-corrected chi connectivity index (χ4v) is 2.51. The number of rotatable bonds is 3. The molecule has 0 amide bonds. The van der Waals surface area contributed by atoms with Gasteiger partial charge in [0.25, 0.3) is 0 Å². The summed E-state index contributed by atoms with van der Waals surface area (Å²) in [5.74, 6) is 5.76. The number of nitrogens with zero attached hydrogens (tertiary/aromatic N) is 2. The molecule has 0 radical (unpaired) electrons. The predicted molar refractivity (Wildman–Crippen MR) is 61.4 cm³/mol. The zero-order valence-corrected chi connectivity index (χ0v) is 10.0. The van der Waals surface area contributed by atoms with Gasteiger partial charge in [-0.3, -0.25) is 5.84 Å². The SMILES string of the molecule is CC(N)N(N)C(N)[C@@H]1CCCN1I. The van der Waals surface area contributed by atoms with Gasteiger partial charge >= 0.3 is 0 Å². The van der Waals surface area contributed by atoms with Crippen LogP contribution in [-0.4, -0.2) is 33.0 Å². The lowest BCUT2D eigenvalue weighted by atomic mass is 10.2. The molecular weight excluding hydrogens is 281 g/mol. The molecule has 1 heterocycles. The van der Waals surface area contributed by atoms with E-state index in [9.17, 15) is 0 Å². The standard InChI is InChI=1S/C7H18IN5/c1-5(9)13(11)7(10)6-3-2-4-12(6)8/h5-7H,2-4,9-11H2,1H3/t5?,6-,7?/m0/s1. The van der Waals surface area contributed by atoms with Gasteiger partial charge in [-0.15, -0.1) is 0 Å². The van der Waals surface area contributed by atoms with Crippen molar-refractivity contribution in [2.24, 2.45) is 17.3 Å². The number of hydrazine groups is 1. The molecule has 1 aliphatic heterocycles. The van der Waals surface area contributed by atoms with Crippen molar-refractivity contribution in [1.29, 1.82) is 0 Å². The number of hydrogen-bond donors (Lipinski definition) is 3. The number of halogens is 1. The Kier molecular flexibility index (Phi) is 4.33. The first-order chi connectivity index (χ1) is 6.04. The summed E-state index contributed by atoms with van der Waals surface area (Å²) in [6, 6.07) is 0.330. The van der Waals surface area contributed by atoms with Crippen LogP contribution in [0.2, 0.25) is 0 Å². The van der Waals surface area contributed by atoms with Gasteiger partial charge in [-0.05, 0) is 19.8 Å². The molecule has 1 aliphatic rings. The Hall–Kier alpha value is 0.530. The maximum absolute atomic E-state index is 5.99. The lowest BCUT2D eigenvalue weighted by Crippen LogP contribution is -2.60. The first kappa shape index (κ1) is 11.6. The molecule has 78 valence electrons. The maximum atomic E-state index is 5.99. The van der Waals surface area contributed by atoms with Crippen molar-refractivity contribution >= 4 is 22.9 Å². The molecule has 6 heteroatoms. The summed E-state index contributed by atoms with van der Waals surface area (Å²) in [5, 5.41) is 1.53. The average molecular weight is 299 g/mol. The third kappa shape index (κ3) is 2.74. The van der Waals surface area contributed by atoms with Crippen LogP contribution in [0.15, 0.2) is 0 Å². The summed E-state index contributed by atoms with van der Waals surface area (Å²) in [5.41, 5.74) is 11.6. The van der Waals surface area contributed by atoms with Crippen LogP contribution in [0.3, 0.4) is 0 Å². The Balaban J connectivity index is 2.50. The molecule has 1 saturated heterocycles. The van der Waals surface area contributed by atoms with Crippen molar-refractivity contribution in [2.75, 3.05) is 6.54 Å². The van der Waals surface area contributed by atoms with Crippen LogP contribution in [-0.2, 0) is 0 Å². The first-order valence-corrected chi connectivity index (χ1v) is 5.47. The van der Waals surface area contributed by atoms with Crippen molar-refractivity contribution < 1.29 is 0 Å². The highest BCUT2D eigenvalue weighted by atomic mass is 127. The van der Waals surface area contributed by atoms with E-state index >= 15 is 0 Å². The summed E-state index contributed by atoms with van der Waals surface area (Å²) in [6.07, 6.45) is 1.93. The van der Waals surface area contributed by atoms with Gasteiger partial charge in [0.2, 0.25) is 0 Å². The summed E-state index contributed by atoms with van der Waals surface area (Å²) in [4.78, 5) is 0. The van der Waals surface area contributed by atoms with Crippen LogP contribution in [0, 0.1) is 0 Å². The Morgan fingerprint density at radius 2 is 2.15 bits per heavy atom. The van der Waals surface area contributed by atoms with Crippen LogP contribution >= 0.6 is 22.9 Å². The Labute approximate surface area is 93.1 Å². The molecule has 2 unspecified atom stereocenters. The Morgan fingerprint density at radius 3 is 2.54 bits per heavy atom. The third-order valence-corrected chi connectivity index (χ3v) is 3.64. The van der Waals surface area contributed by atoms with Gasteiger partial charge < -0.3 is 11.5 Å². The molecule has 13 heavy (non-hydrogen) atoms. The van der Waals surface area contributed by atoms with E-state index < -0.39 is 0 Å². The van der Waals surface area contributed by atoms with E-state index in [1.165, 1.54) is 11.4 Å². The monoisotopic (exact) mass is 299 g/mol. The Morgan fingerprint density at radius 1 is 1.54 bits per heavy atom. The zero-order valence-electron chi connectivity index (χ0n) is 7.86. The normalized spacial score (nSPS) is 29.5. The molecule has 1 rings (SSSR count). The minimum Gasteiger partial charge on any atom is -0.315 e. The second-order valence-corrected chi connectivity index (χ2v) is 4.75. The highest BCUT2D eigenvalue weighted by molar-refractivity contribution is 14.1. The molecule has 0 aromatic heterocycles. The van der Waals surface area contributed by atoms with E-state index in [-0.39, 0.29) is 12.3 Å². The molecule has 0 spiro atoms. The summed E-state index contributed by atoms with van der Waals surface area (Å²) < 4.78 is 2.21. The lowest BCUT2D eigenvalue weighted by molar-refractivity contribution is 0.111. The molecule has 1 fully saturated rings. The van der Waals surface area contributed by atoms with E-state index in [0.29, 0.717) is 6.04 Å². The van der Waals surface area contributed by atoms with E-state index in [1.54, 1.807) is 0 Å². The van der Waals surface area contributed by atoms with Gasteiger partial charge in [0.1, 0.15) is 0 Å². The first-order valence-electron chi connectivity index (χ1n) is 4.50. The van der Waals surface area contributed by atoms with Crippen LogP contribution in [0.5, 0.6) is 0 Å². The van der Waals surface area contributed by atoms with Gasteiger partial charge in [0.05, 0.1) is 12.3 Å². The van der Waals surface area contributed by atoms with Crippen molar-refractivity contribution in [3.63, 3.8) is 0 Å². The van der Waals surface area contributed by atoms with Gasteiger partial charge in [0.15, 0.2) is 0 Å². The van der Waals surface area contributed by atoms with Gasteiger partial charge in [0, 0.05) is 35.5 Å². The number of hydrogen-bond acceptors (Lipinski definition) is 5. The number of nitrogens with two attached hydrogens (primary N) is 3. The van der Waals surface area contributed by atoms with Crippen molar-refractivity contribution in [3.05, 3.63) is 0 Å². The summed E-state index contributed by atoms with van der Waals surface area (Å²) >= 11 is 2.30. The quantitative estimate of drug-likeness (QED) is 0.216. The van der Waals surface area contributed by atoms with E-state index in [2.05, 4.69) is 26.0 Å². The van der Waals surface area contributed by atoms with Crippen molar-refractivity contribution in [3.8, 4) is 0 Å². The maximum Gasteiger partial charge on any atom is 0.0888 e. The zero-order chi connectivity index (χ0) is 10.0. The van der Waals surface area contributed by atoms with Crippen LogP contribution < -0.4 is 17.3 Å². The van der Waals surface area contributed by atoms with E-state index in [0.717, 1.165) is 13.0 Å². The minimum atomic E-state index is -0.194. The van der Waals surface area contributed by atoms with E-state index in [1.807, 2.05) is 6.92 Å². The van der Waals surface area contributed by atoms with Crippen LogP contribution in [0.25, 0.3) is 0 Å². The fourth-order valence-electron chi connectivity index (χ4n) is 1.56. The molecule has 0 aromatic carbocycles. The predicted octanol–water partition coefficient (Wildman–Crippen LogP) is -0.434. The average Bonchev–Trinajstić information content (AvgIpc) is 2.48. The van der Waals surface area contributed by atoms with Crippen molar-refractivity contribution in [2.45, 2.75) is 38.1 Å². The second-order valence-electron chi connectivity index (χ2n) is 3.51.